The van der Waals surface area contributed by atoms with Gasteiger partial charge in [-0.2, -0.15) is 0 Å². The molecule has 0 bridgehead atoms. The van der Waals surface area contributed by atoms with Crippen molar-refractivity contribution < 1.29 is 72.1 Å². The maximum absolute atomic E-state index is 14.9. The Morgan fingerprint density at radius 3 is 2.03 bits per heavy atom. The number of carbonyl (C=O) groups excluding carboxylic acids is 11. The van der Waals surface area contributed by atoms with Crippen LogP contribution in [0.3, 0.4) is 0 Å². The molecule has 568 valence electrons. The van der Waals surface area contributed by atoms with E-state index < -0.39 is 125 Å². The lowest BCUT2D eigenvalue weighted by atomic mass is 9.89. The number of methoxy groups -OCH3 is 2. The van der Waals surface area contributed by atoms with Crippen molar-refractivity contribution in [2.45, 2.75) is 212 Å². The molecule has 12 amide bonds. The van der Waals surface area contributed by atoms with Crippen molar-refractivity contribution in [3.63, 3.8) is 0 Å². The van der Waals surface area contributed by atoms with E-state index in [4.69, 9.17) is 19.9 Å². The molecule has 2 saturated heterocycles. The SMILES string of the molecule is CC[C@H](C)[C@@H]([C@@H](CC(=O)N1CCCC1[C@H](OC)[C@@H](C)C(=O)N[C@H](C)[C@@H](O)c1ccccc1)OC)N(C)C(=O)[C@@H](NC(=O)[C@H](C(C)C)N(C)C(=O)OCc1ccc(NC(=O)[C@H](CCCNC(N)=O)NC(=O)[C@@H](NC(=O)CCCCCN2C(=O)CC(SC3=C/C=C\C=C/C=C3)C2=O)C(C)C)cc1)C(C)C. The second-order valence-electron chi connectivity index (χ2n) is 28.0. The molecule has 2 fully saturated rings. The number of thioether (sulfide) groups is 1. The van der Waals surface area contributed by atoms with Crippen LogP contribution >= 0.6 is 11.8 Å². The van der Waals surface area contributed by atoms with Crippen molar-refractivity contribution in [3.05, 3.63) is 113 Å². The number of aliphatic hydroxyl groups excluding tert-OH is 1. The molecule has 0 spiro atoms. The highest BCUT2D eigenvalue weighted by Gasteiger charge is 2.45. The first-order chi connectivity index (χ1) is 48.9. The van der Waals surface area contributed by atoms with Crippen molar-refractivity contribution in [3.8, 4) is 0 Å². The first kappa shape index (κ1) is 85.2. The zero-order valence-electron chi connectivity index (χ0n) is 62.5. The molecule has 103 heavy (non-hydrogen) atoms. The zero-order chi connectivity index (χ0) is 76.2. The molecular weight excluding hydrogens is 1340 g/mol. The molecule has 1 aliphatic carbocycles. The summed E-state index contributed by atoms with van der Waals surface area (Å²) < 4.78 is 17.8. The summed E-state index contributed by atoms with van der Waals surface area (Å²) in [4.78, 5) is 157. The van der Waals surface area contributed by atoms with Gasteiger partial charge in [0.2, 0.25) is 53.2 Å². The zero-order valence-corrected chi connectivity index (χ0v) is 63.3. The van der Waals surface area contributed by atoms with Crippen LogP contribution in [0.25, 0.3) is 0 Å². The predicted octanol–water partition coefficient (Wildman–Crippen LogP) is 7.58. The van der Waals surface area contributed by atoms with Gasteiger partial charge in [0.15, 0.2) is 0 Å². The van der Waals surface area contributed by atoms with Crippen LogP contribution in [-0.4, -0.2) is 198 Å². The van der Waals surface area contributed by atoms with Crippen LogP contribution in [-0.2, 0) is 64.0 Å². The molecule has 2 aromatic carbocycles. The summed E-state index contributed by atoms with van der Waals surface area (Å²) >= 11 is 1.35. The number of likely N-dealkylation sites (N-methyl/N-ethyl adjacent to an activating group) is 2. The maximum Gasteiger partial charge on any atom is 0.410 e. The van der Waals surface area contributed by atoms with E-state index in [-0.39, 0.29) is 87.3 Å². The topological polar surface area (TPSA) is 347 Å². The Morgan fingerprint density at radius 1 is 0.728 bits per heavy atom. The molecule has 3 aliphatic rings. The third-order valence-electron chi connectivity index (χ3n) is 19.3. The lowest BCUT2D eigenvalue weighted by Crippen LogP contribution is -2.60. The molecule has 0 radical (unpaired) electrons. The van der Waals surface area contributed by atoms with Gasteiger partial charge in [0, 0.05) is 71.4 Å². The van der Waals surface area contributed by atoms with Crippen LogP contribution < -0.4 is 37.6 Å². The molecule has 0 saturated carbocycles. The summed E-state index contributed by atoms with van der Waals surface area (Å²) in [6.07, 6.45) is 13.8. The van der Waals surface area contributed by atoms with Gasteiger partial charge in [-0.15, -0.1) is 11.8 Å². The number of carbonyl (C=O) groups is 11. The molecule has 2 unspecified atom stereocenters. The minimum atomic E-state index is -1.13. The number of nitrogens with two attached hydrogens (primary N) is 1. The van der Waals surface area contributed by atoms with E-state index in [1.54, 1.807) is 109 Å². The summed E-state index contributed by atoms with van der Waals surface area (Å²) in [5.41, 5.74) is 6.80. The predicted molar refractivity (Wildman–Crippen MR) is 396 cm³/mol. The minimum Gasteiger partial charge on any atom is -0.445 e. The quantitative estimate of drug-likeness (QED) is 0.0235. The fraction of sp³-hybridized carbons (Fsp3) is 0.592. The van der Waals surface area contributed by atoms with Crippen LogP contribution in [0, 0.1) is 29.6 Å². The second kappa shape index (κ2) is 42.4. The van der Waals surface area contributed by atoms with Crippen LogP contribution in [0.5, 0.6) is 0 Å². The van der Waals surface area contributed by atoms with E-state index in [1.165, 1.54) is 42.8 Å². The lowest BCUT2D eigenvalue weighted by molar-refractivity contribution is -0.148. The average Bonchev–Trinajstić information content (AvgIpc) is 1.72. The number of unbranched alkanes of at least 4 members (excludes halogenated alkanes) is 2. The number of allylic oxidation sites excluding steroid dienone is 7. The number of anilines is 1. The number of urea groups is 1. The molecule has 2 heterocycles. The fourth-order valence-corrected chi connectivity index (χ4v) is 14.3. The van der Waals surface area contributed by atoms with E-state index in [1.807, 2.05) is 74.6 Å². The van der Waals surface area contributed by atoms with Crippen LogP contribution in [0.4, 0.5) is 15.3 Å². The highest BCUT2D eigenvalue weighted by molar-refractivity contribution is 8.04. The highest BCUT2D eigenvalue weighted by Crippen LogP contribution is 2.34. The highest BCUT2D eigenvalue weighted by atomic mass is 32.2. The van der Waals surface area contributed by atoms with Gasteiger partial charge in [0.05, 0.1) is 54.0 Å². The summed E-state index contributed by atoms with van der Waals surface area (Å²) in [7, 11) is 6.08. The van der Waals surface area contributed by atoms with E-state index in [9.17, 15) is 57.8 Å². The number of rotatable bonds is 40. The molecule has 2 aromatic rings. The number of aliphatic hydroxyl groups is 1. The number of imide groups is 1. The van der Waals surface area contributed by atoms with Gasteiger partial charge in [-0.25, -0.2) is 9.59 Å². The Kier molecular flexibility index (Phi) is 35.1. The Labute approximate surface area is 612 Å². The van der Waals surface area contributed by atoms with Crippen molar-refractivity contribution in [2.24, 2.45) is 35.3 Å². The number of primary amides is 1. The molecule has 0 aromatic heterocycles. The number of hydrogen-bond acceptors (Lipinski definition) is 16. The molecule has 27 heteroatoms. The summed E-state index contributed by atoms with van der Waals surface area (Å²) in [6, 6.07) is 8.71. The van der Waals surface area contributed by atoms with Crippen molar-refractivity contribution in [2.75, 3.05) is 53.3 Å². The van der Waals surface area contributed by atoms with Crippen LogP contribution in [0.15, 0.2) is 102 Å². The minimum absolute atomic E-state index is 0.0747. The van der Waals surface area contributed by atoms with Gasteiger partial charge in [-0.05, 0) is 105 Å². The first-order valence-corrected chi connectivity index (χ1v) is 36.9. The Balaban J connectivity index is 1.15. The van der Waals surface area contributed by atoms with Crippen molar-refractivity contribution in [1.82, 2.24) is 46.2 Å². The van der Waals surface area contributed by atoms with E-state index in [0.29, 0.717) is 61.9 Å². The average molecular weight is 1450 g/mol. The molecule has 26 nitrogen and oxygen atoms in total. The Bertz CT molecular complexity index is 3310. The number of nitrogens with zero attached hydrogens (tertiary/aromatic N) is 4. The molecule has 13 atom stereocenters. The lowest BCUT2D eigenvalue weighted by Gasteiger charge is -2.41. The maximum atomic E-state index is 14.9. The summed E-state index contributed by atoms with van der Waals surface area (Å²) in [6.45, 7) is 18.6. The standard InChI is InChI=1S/C76H113N11O15S/c1-15-49(8)66(58(100-13)43-61(89)86-42-28-34-57(86)68(101-14)50(9)69(92)79-51(10)67(91)53-29-21-19-22-30-53)84(11)74(97)64(47(4)5)83-72(95)65(48(6)7)85(12)76(99)102-45-52-36-38-54(39-37-52)80-70(93)56(33-27-40-78-75(77)98)81-71(94)63(46(2)3)82-60(88)35-25-20-26-41-87-62(90)44-59(73(87)96)103-55-31-23-17-16-18-24-32-55/h16-19,21-24,29-32,36-39,46-51,56-59,63-68,91H,15,20,25-28,33-35,40-45H2,1-14H3,(H,79,92)(H,80,93)(H,81,94)(H,82,88)(H,83,95)(H3,77,78,98)/b17-16-,18-16?,23-17?,24-18-,31-23?,32-24?,55-31?,55-32?/t49-,50+,51+,56-,57?,58+,59?,63-,64-,65-,66-,67+,68+/m0/s1. The van der Waals surface area contributed by atoms with Crippen LogP contribution in [0.2, 0.25) is 0 Å². The third kappa shape index (κ3) is 25.5. The Hall–Kier alpha value is -8.40. The normalized spacial score (nSPS) is 19.0. The smallest absolute Gasteiger partial charge is 0.410 e. The first-order valence-electron chi connectivity index (χ1n) is 36.0. The van der Waals surface area contributed by atoms with Gasteiger partial charge >= 0.3 is 12.1 Å². The van der Waals surface area contributed by atoms with Crippen molar-refractivity contribution in [1.29, 1.82) is 0 Å². The molecule has 9 N–H and O–H groups in total. The third-order valence-corrected chi connectivity index (χ3v) is 20.5. The van der Waals surface area contributed by atoms with Gasteiger partial charge in [0.1, 0.15) is 30.8 Å². The number of likely N-dealkylation sites (tertiary alicyclic amines) is 2. The number of amides is 12. The number of ether oxygens (including phenoxy) is 3. The number of benzene rings is 2. The number of nitrogens with one attached hydrogen (secondary N) is 6. The Morgan fingerprint density at radius 2 is 1.40 bits per heavy atom. The monoisotopic (exact) mass is 1450 g/mol. The van der Waals surface area contributed by atoms with Gasteiger partial charge in [0.25, 0.3) is 0 Å². The largest absolute Gasteiger partial charge is 0.445 e. The summed E-state index contributed by atoms with van der Waals surface area (Å²) in [5.74, 6) is -5.77. The number of hydrogen-bond donors (Lipinski definition) is 8. The van der Waals surface area contributed by atoms with E-state index in [0.717, 1.165) is 4.91 Å². The molecule has 2 aliphatic heterocycles. The summed E-state index contributed by atoms with van der Waals surface area (Å²) in [5, 5.41) is 27.2. The van der Waals surface area contributed by atoms with Gasteiger partial charge < -0.3 is 66.8 Å². The molecule has 5 rings (SSSR count). The van der Waals surface area contributed by atoms with Crippen molar-refractivity contribution >= 4 is 82.7 Å². The van der Waals surface area contributed by atoms with Crippen LogP contribution in [0.1, 0.15) is 157 Å². The van der Waals surface area contributed by atoms with E-state index >= 15 is 0 Å². The van der Waals surface area contributed by atoms with Gasteiger partial charge in [-0.1, -0.05) is 148 Å². The fourth-order valence-electron chi connectivity index (χ4n) is 13.2. The molecular formula is C76H113N11O15S. The van der Waals surface area contributed by atoms with Gasteiger partial charge in [-0.3, -0.25) is 53.0 Å². The van der Waals surface area contributed by atoms with E-state index in [2.05, 4.69) is 31.9 Å². The second-order valence-corrected chi connectivity index (χ2v) is 29.3.